The molecular formula is C18H19BrN4O3S. The monoisotopic (exact) mass is 450 g/mol. The van der Waals surface area contributed by atoms with Gasteiger partial charge in [-0.25, -0.2) is 17.9 Å². The lowest BCUT2D eigenvalue weighted by molar-refractivity contribution is 0.0985. The second-order valence-corrected chi connectivity index (χ2v) is 9.51. The molecule has 0 radical (unpaired) electrons. The van der Waals surface area contributed by atoms with Crippen molar-refractivity contribution in [3.63, 3.8) is 0 Å². The third-order valence-electron chi connectivity index (χ3n) is 4.66. The SMILES string of the molecule is C[C@@H]1COCCN1c1cc(-c2ccc(S(C)(=O)=O)cc2)n2ncc(Br)c2n1. The van der Waals surface area contributed by atoms with E-state index in [0.717, 1.165) is 28.1 Å². The second kappa shape index (κ2) is 6.88. The van der Waals surface area contributed by atoms with E-state index in [9.17, 15) is 8.42 Å². The third-order valence-corrected chi connectivity index (χ3v) is 6.34. The van der Waals surface area contributed by atoms with Crippen LogP contribution in [0.25, 0.3) is 16.9 Å². The van der Waals surface area contributed by atoms with Crippen molar-refractivity contribution >= 4 is 37.2 Å². The minimum atomic E-state index is -3.24. The summed E-state index contributed by atoms with van der Waals surface area (Å²) in [6.45, 7) is 4.20. The van der Waals surface area contributed by atoms with Crippen LogP contribution in [0.2, 0.25) is 0 Å². The summed E-state index contributed by atoms with van der Waals surface area (Å²) in [7, 11) is -3.24. The number of rotatable bonds is 3. The van der Waals surface area contributed by atoms with Crippen LogP contribution in [0.4, 0.5) is 5.82 Å². The number of morpholine rings is 1. The van der Waals surface area contributed by atoms with Crippen LogP contribution in [-0.4, -0.2) is 55.1 Å². The molecular weight excluding hydrogens is 432 g/mol. The average Bonchev–Trinajstić information content (AvgIpc) is 3.02. The molecule has 0 aliphatic carbocycles. The summed E-state index contributed by atoms with van der Waals surface area (Å²) in [5, 5.41) is 4.42. The van der Waals surface area contributed by atoms with Crippen LogP contribution in [0.1, 0.15) is 6.92 Å². The maximum absolute atomic E-state index is 11.7. The van der Waals surface area contributed by atoms with Gasteiger partial charge in [0.05, 0.1) is 40.5 Å². The van der Waals surface area contributed by atoms with Crippen LogP contribution >= 0.6 is 15.9 Å². The second-order valence-electron chi connectivity index (χ2n) is 6.64. The zero-order chi connectivity index (χ0) is 19.2. The van der Waals surface area contributed by atoms with E-state index < -0.39 is 9.84 Å². The number of ether oxygens (including phenoxy) is 1. The minimum Gasteiger partial charge on any atom is -0.377 e. The fourth-order valence-electron chi connectivity index (χ4n) is 3.22. The summed E-state index contributed by atoms with van der Waals surface area (Å²) in [4.78, 5) is 7.29. The van der Waals surface area contributed by atoms with Crippen molar-refractivity contribution in [2.45, 2.75) is 17.9 Å². The number of benzene rings is 1. The first-order valence-electron chi connectivity index (χ1n) is 8.54. The maximum atomic E-state index is 11.7. The Kier molecular flexibility index (Phi) is 4.69. The smallest absolute Gasteiger partial charge is 0.175 e. The highest BCUT2D eigenvalue weighted by atomic mass is 79.9. The van der Waals surface area contributed by atoms with E-state index in [1.165, 1.54) is 6.26 Å². The molecule has 0 bridgehead atoms. The Labute approximate surface area is 166 Å². The first-order chi connectivity index (χ1) is 12.8. The molecule has 1 aliphatic heterocycles. The van der Waals surface area contributed by atoms with Gasteiger partial charge >= 0.3 is 0 Å². The molecule has 0 spiro atoms. The quantitative estimate of drug-likeness (QED) is 0.610. The Morgan fingerprint density at radius 1 is 1.26 bits per heavy atom. The molecule has 7 nitrogen and oxygen atoms in total. The Morgan fingerprint density at radius 2 is 2.00 bits per heavy atom. The Morgan fingerprint density at radius 3 is 2.67 bits per heavy atom. The highest BCUT2D eigenvalue weighted by molar-refractivity contribution is 9.10. The van der Waals surface area contributed by atoms with Gasteiger partial charge in [0, 0.05) is 24.4 Å². The minimum absolute atomic E-state index is 0.218. The molecule has 2 aromatic heterocycles. The van der Waals surface area contributed by atoms with Crippen LogP contribution in [0.3, 0.4) is 0 Å². The predicted octanol–water partition coefficient (Wildman–Crippen LogP) is 2.79. The van der Waals surface area contributed by atoms with E-state index >= 15 is 0 Å². The van der Waals surface area contributed by atoms with E-state index in [2.05, 4.69) is 32.9 Å². The number of aromatic nitrogens is 3. The predicted molar refractivity (Wildman–Crippen MR) is 107 cm³/mol. The van der Waals surface area contributed by atoms with Gasteiger partial charge in [-0.3, -0.25) is 0 Å². The molecule has 3 aromatic rings. The lowest BCUT2D eigenvalue weighted by atomic mass is 10.1. The number of fused-ring (bicyclic) bond motifs is 1. The van der Waals surface area contributed by atoms with Gasteiger partial charge in [-0.2, -0.15) is 5.10 Å². The molecule has 1 fully saturated rings. The van der Waals surface area contributed by atoms with Crippen molar-refractivity contribution in [1.82, 2.24) is 14.6 Å². The van der Waals surface area contributed by atoms with Crippen molar-refractivity contribution in [2.75, 3.05) is 30.9 Å². The molecule has 3 heterocycles. The molecule has 142 valence electrons. The molecule has 1 atom stereocenters. The molecule has 4 rings (SSSR count). The van der Waals surface area contributed by atoms with E-state index in [0.29, 0.717) is 23.8 Å². The van der Waals surface area contributed by atoms with E-state index in [-0.39, 0.29) is 6.04 Å². The molecule has 1 aliphatic rings. The molecule has 0 saturated carbocycles. The lowest BCUT2D eigenvalue weighted by Crippen LogP contribution is -2.44. The number of hydrogen-bond donors (Lipinski definition) is 0. The van der Waals surface area contributed by atoms with Gasteiger partial charge in [0.1, 0.15) is 5.82 Å². The van der Waals surface area contributed by atoms with Gasteiger partial charge in [0.15, 0.2) is 15.5 Å². The summed E-state index contributed by atoms with van der Waals surface area (Å²) in [5.41, 5.74) is 2.43. The molecule has 1 saturated heterocycles. The van der Waals surface area contributed by atoms with Crippen LogP contribution in [0.15, 0.2) is 45.9 Å². The molecule has 0 N–H and O–H groups in total. The lowest BCUT2D eigenvalue weighted by Gasteiger charge is -2.34. The zero-order valence-electron chi connectivity index (χ0n) is 15.0. The van der Waals surface area contributed by atoms with Gasteiger partial charge in [-0.05, 0) is 35.0 Å². The van der Waals surface area contributed by atoms with Gasteiger partial charge in [0.25, 0.3) is 0 Å². The van der Waals surface area contributed by atoms with Crippen LogP contribution in [-0.2, 0) is 14.6 Å². The summed E-state index contributed by atoms with van der Waals surface area (Å²) < 4.78 is 31.6. The number of hydrogen-bond acceptors (Lipinski definition) is 6. The molecule has 1 aromatic carbocycles. The fraction of sp³-hybridized carbons (Fsp3) is 0.333. The van der Waals surface area contributed by atoms with Crippen molar-refractivity contribution in [2.24, 2.45) is 0 Å². The zero-order valence-corrected chi connectivity index (χ0v) is 17.4. The summed E-state index contributed by atoms with van der Waals surface area (Å²) in [6, 6.07) is 9.04. The van der Waals surface area contributed by atoms with Crippen LogP contribution < -0.4 is 4.90 Å². The number of halogens is 1. The third kappa shape index (κ3) is 3.46. The largest absolute Gasteiger partial charge is 0.377 e. The first-order valence-corrected chi connectivity index (χ1v) is 11.2. The highest BCUT2D eigenvalue weighted by Gasteiger charge is 2.23. The van der Waals surface area contributed by atoms with Crippen molar-refractivity contribution in [3.05, 3.63) is 41.0 Å². The number of nitrogens with zero attached hydrogens (tertiary/aromatic N) is 4. The summed E-state index contributed by atoms with van der Waals surface area (Å²) in [5.74, 6) is 0.849. The highest BCUT2D eigenvalue weighted by Crippen LogP contribution is 2.29. The molecule has 27 heavy (non-hydrogen) atoms. The van der Waals surface area contributed by atoms with E-state index in [1.54, 1.807) is 35.0 Å². The Bertz CT molecular complexity index is 1100. The molecule has 0 amide bonds. The van der Waals surface area contributed by atoms with Crippen molar-refractivity contribution in [3.8, 4) is 11.3 Å². The van der Waals surface area contributed by atoms with Crippen molar-refractivity contribution < 1.29 is 13.2 Å². The fourth-order valence-corrected chi connectivity index (χ4v) is 4.20. The standard InChI is InChI=1S/C18H19BrN4O3S/c1-12-11-26-8-7-22(12)17-9-16(23-18(21-17)15(19)10-20-23)13-3-5-14(6-4-13)27(2,24)25/h3-6,9-10,12H,7-8,11H2,1-2H3/t12-/m1/s1. The maximum Gasteiger partial charge on any atom is 0.175 e. The Balaban J connectivity index is 1.86. The number of sulfone groups is 1. The van der Waals surface area contributed by atoms with E-state index in [1.807, 2.05) is 6.07 Å². The van der Waals surface area contributed by atoms with Crippen molar-refractivity contribution in [1.29, 1.82) is 0 Å². The summed E-state index contributed by atoms with van der Waals surface area (Å²) in [6.07, 6.45) is 2.92. The van der Waals surface area contributed by atoms with E-state index in [4.69, 9.17) is 9.72 Å². The average molecular weight is 451 g/mol. The Hall–Kier alpha value is -1.97. The normalized spacial score (nSPS) is 18.2. The van der Waals surface area contributed by atoms with Crippen LogP contribution in [0.5, 0.6) is 0 Å². The first kappa shape index (κ1) is 18.4. The molecule has 0 unspecified atom stereocenters. The topological polar surface area (TPSA) is 76.8 Å². The summed E-state index contributed by atoms with van der Waals surface area (Å²) >= 11 is 3.52. The molecule has 9 heteroatoms. The number of anilines is 1. The van der Waals surface area contributed by atoms with Gasteiger partial charge in [-0.15, -0.1) is 0 Å². The van der Waals surface area contributed by atoms with Gasteiger partial charge in [0.2, 0.25) is 0 Å². The van der Waals surface area contributed by atoms with Gasteiger partial charge < -0.3 is 9.64 Å². The van der Waals surface area contributed by atoms with Gasteiger partial charge in [-0.1, -0.05) is 12.1 Å². The van der Waals surface area contributed by atoms with Crippen LogP contribution in [0, 0.1) is 0 Å².